The van der Waals surface area contributed by atoms with Crippen LogP contribution < -0.4 is 0 Å². The van der Waals surface area contributed by atoms with Gasteiger partial charge in [0, 0.05) is 11.9 Å². The van der Waals surface area contributed by atoms with E-state index in [4.69, 9.17) is 0 Å². The molecule has 1 rings (SSSR count). The molecule has 1 heterocycles. The molecule has 0 aliphatic carbocycles. The Bertz CT molecular complexity index is 300. The van der Waals surface area contributed by atoms with Crippen LogP contribution in [0.2, 0.25) is 0 Å². The van der Waals surface area contributed by atoms with Crippen molar-refractivity contribution >= 4 is 33.4 Å². The van der Waals surface area contributed by atoms with E-state index in [1.807, 2.05) is 12.1 Å². The maximum Gasteiger partial charge on any atom is 0.409 e. The molecule has 0 spiro atoms. The molecular weight excluding hydrogens is 254 g/mol. The maximum absolute atomic E-state index is 11.0. The van der Waals surface area contributed by atoms with E-state index >= 15 is 0 Å². The van der Waals surface area contributed by atoms with Crippen LogP contribution in [0.3, 0.4) is 0 Å². The quantitative estimate of drug-likeness (QED) is 0.821. The van der Waals surface area contributed by atoms with Gasteiger partial charge >= 0.3 is 6.09 Å². The number of carbonyl (C=O) groups excluding carboxylic acids is 1. The summed E-state index contributed by atoms with van der Waals surface area (Å²) < 4.78 is 5.64. The molecule has 0 N–H and O–H groups in total. The van der Waals surface area contributed by atoms with Crippen LogP contribution >= 0.6 is 27.3 Å². The smallest absolute Gasteiger partial charge is 0.409 e. The molecule has 0 radical (unpaired) electrons. The number of nitrogens with zero attached hydrogens (tertiary/aromatic N) is 1. The molecule has 0 atom stereocenters. The van der Waals surface area contributed by atoms with Gasteiger partial charge in [-0.15, -0.1) is 11.3 Å². The standard InChI is InChI=1S/C8H10BrNO2S/c1-10(8(11)12-2)5-6-3-4-7(9)13-6/h3-4H,5H2,1-2H3. The highest BCUT2D eigenvalue weighted by atomic mass is 79.9. The molecule has 72 valence electrons. The molecule has 0 aliphatic heterocycles. The fourth-order valence-electron chi connectivity index (χ4n) is 0.891. The van der Waals surface area contributed by atoms with Crippen molar-refractivity contribution in [2.45, 2.75) is 6.54 Å². The first-order chi connectivity index (χ1) is 6.13. The molecule has 0 aromatic carbocycles. The maximum atomic E-state index is 11.0. The minimum absolute atomic E-state index is 0.315. The SMILES string of the molecule is COC(=O)N(C)Cc1ccc(Br)s1. The van der Waals surface area contributed by atoms with Crippen LogP contribution in [-0.2, 0) is 11.3 Å². The molecule has 1 aromatic heterocycles. The second-order valence-corrected chi connectivity index (χ2v) is 5.08. The number of hydrogen-bond donors (Lipinski definition) is 0. The lowest BCUT2D eigenvalue weighted by Gasteiger charge is -2.13. The summed E-state index contributed by atoms with van der Waals surface area (Å²) in [7, 11) is 3.09. The predicted octanol–water partition coefficient (Wildman–Crippen LogP) is 2.71. The molecule has 0 bridgehead atoms. The number of carbonyl (C=O) groups is 1. The van der Waals surface area contributed by atoms with Crippen molar-refractivity contribution in [3.63, 3.8) is 0 Å². The van der Waals surface area contributed by atoms with E-state index in [0.29, 0.717) is 6.54 Å². The molecule has 1 amide bonds. The van der Waals surface area contributed by atoms with E-state index in [1.165, 1.54) is 12.0 Å². The summed E-state index contributed by atoms with van der Waals surface area (Å²) in [4.78, 5) is 13.7. The van der Waals surface area contributed by atoms with Gasteiger partial charge in [-0.1, -0.05) is 0 Å². The highest BCUT2D eigenvalue weighted by molar-refractivity contribution is 9.11. The number of methoxy groups -OCH3 is 1. The van der Waals surface area contributed by atoms with E-state index in [2.05, 4.69) is 20.7 Å². The van der Waals surface area contributed by atoms with Gasteiger partial charge in [0.05, 0.1) is 17.4 Å². The Kier molecular flexibility index (Phi) is 3.74. The second kappa shape index (κ2) is 4.62. The third-order valence-electron chi connectivity index (χ3n) is 1.51. The van der Waals surface area contributed by atoms with Gasteiger partial charge in [0.25, 0.3) is 0 Å². The topological polar surface area (TPSA) is 29.5 Å². The Morgan fingerprint density at radius 1 is 1.69 bits per heavy atom. The Balaban J connectivity index is 2.54. The van der Waals surface area contributed by atoms with Gasteiger partial charge in [-0.3, -0.25) is 0 Å². The van der Waals surface area contributed by atoms with Crippen molar-refractivity contribution in [1.82, 2.24) is 4.90 Å². The van der Waals surface area contributed by atoms with E-state index in [0.717, 1.165) is 8.66 Å². The van der Waals surface area contributed by atoms with E-state index in [-0.39, 0.29) is 6.09 Å². The van der Waals surface area contributed by atoms with Crippen LogP contribution in [0, 0.1) is 0 Å². The second-order valence-electron chi connectivity index (χ2n) is 2.53. The molecule has 13 heavy (non-hydrogen) atoms. The Morgan fingerprint density at radius 2 is 2.38 bits per heavy atom. The van der Waals surface area contributed by atoms with Crippen molar-refractivity contribution < 1.29 is 9.53 Å². The lowest BCUT2D eigenvalue weighted by Crippen LogP contribution is -2.25. The van der Waals surface area contributed by atoms with Crippen LogP contribution in [0.1, 0.15) is 4.88 Å². The van der Waals surface area contributed by atoms with Gasteiger partial charge in [-0.05, 0) is 28.1 Å². The van der Waals surface area contributed by atoms with Crippen molar-refractivity contribution in [1.29, 1.82) is 0 Å². The van der Waals surface area contributed by atoms with Crippen LogP contribution in [0.15, 0.2) is 15.9 Å². The molecule has 1 aromatic rings. The first kappa shape index (κ1) is 10.5. The summed E-state index contributed by atoms with van der Waals surface area (Å²) >= 11 is 4.97. The average Bonchev–Trinajstić information content (AvgIpc) is 2.49. The number of rotatable bonds is 2. The lowest BCUT2D eigenvalue weighted by atomic mass is 10.4. The fraction of sp³-hybridized carbons (Fsp3) is 0.375. The Morgan fingerprint density at radius 3 is 2.85 bits per heavy atom. The van der Waals surface area contributed by atoms with Gasteiger partial charge < -0.3 is 9.64 Å². The summed E-state index contributed by atoms with van der Waals surface area (Å²) in [6, 6.07) is 3.94. The van der Waals surface area contributed by atoms with E-state index in [1.54, 1.807) is 18.4 Å². The fourth-order valence-corrected chi connectivity index (χ4v) is 2.43. The summed E-state index contributed by atoms with van der Waals surface area (Å²) in [6.07, 6.45) is -0.315. The summed E-state index contributed by atoms with van der Waals surface area (Å²) in [5, 5.41) is 0. The molecule has 0 saturated heterocycles. The molecular formula is C8H10BrNO2S. The summed E-state index contributed by atoms with van der Waals surface area (Å²) in [5.41, 5.74) is 0. The third kappa shape index (κ3) is 3.00. The third-order valence-corrected chi connectivity index (χ3v) is 3.12. The lowest BCUT2D eigenvalue weighted by molar-refractivity contribution is 0.131. The van der Waals surface area contributed by atoms with Gasteiger partial charge in [0.2, 0.25) is 0 Å². The van der Waals surface area contributed by atoms with Crippen LogP contribution in [0.5, 0.6) is 0 Å². The number of halogens is 1. The molecule has 5 heteroatoms. The zero-order chi connectivity index (χ0) is 9.84. The zero-order valence-electron chi connectivity index (χ0n) is 7.41. The van der Waals surface area contributed by atoms with Crippen LogP contribution in [0.25, 0.3) is 0 Å². The van der Waals surface area contributed by atoms with Crippen molar-refractivity contribution in [2.24, 2.45) is 0 Å². The van der Waals surface area contributed by atoms with Crippen LogP contribution in [0.4, 0.5) is 4.79 Å². The largest absolute Gasteiger partial charge is 0.453 e. The summed E-state index contributed by atoms with van der Waals surface area (Å²) in [5.74, 6) is 0. The predicted molar refractivity (Wildman–Crippen MR) is 55.9 cm³/mol. The molecule has 0 aliphatic rings. The molecule has 0 saturated carbocycles. The normalized spacial score (nSPS) is 9.77. The van der Waals surface area contributed by atoms with Crippen molar-refractivity contribution in [2.75, 3.05) is 14.2 Å². The van der Waals surface area contributed by atoms with Crippen LogP contribution in [-0.4, -0.2) is 25.2 Å². The minimum Gasteiger partial charge on any atom is -0.453 e. The van der Waals surface area contributed by atoms with Crippen molar-refractivity contribution in [3.05, 3.63) is 20.8 Å². The average molecular weight is 264 g/mol. The van der Waals surface area contributed by atoms with Gasteiger partial charge in [0.15, 0.2) is 0 Å². The zero-order valence-corrected chi connectivity index (χ0v) is 9.81. The highest BCUT2D eigenvalue weighted by Gasteiger charge is 2.09. The van der Waals surface area contributed by atoms with Gasteiger partial charge in [-0.25, -0.2) is 4.79 Å². The molecule has 3 nitrogen and oxygen atoms in total. The van der Waals surface area contributed by atoms with E-state index in [9.17, 15) is 4.79 Å². The van der Waals surface area contributed by atoms with Crippen molar-refractivity contribution in [3.8, 4) is 0 Å². The van der Waals surface area contributed by atoms with Gasteiger partial charge in [0.1, 0.15) is 0 Å². The number of thiophene rings is 1. The Hall–Kier alpha value is -0.550. The minimum atomic E-state index is -0.315. The highest BCUT2D eigenvalue weighted by Crippen LogP contribution is 2.22. The first-order valence-electron chi connectivity index (χ1n) is 3.67. The monoisotopic (exact) mass is 263 g/mol. The number of hydrogen-bond acceptors (Lipinski definition) is 3. The van der Waals surface area contributed by atoms with E-state index < -0.39 is 0 Å². The summed E-state index contributed by atoms with van der Waals surface area (Å²) in [6.45, 7) is 0.586. The molecule has 0 unspecified atom stereocenters. The van der Waals surface area contributed by atoms with Gasteiger partial charge in [-0.2, -0.15) is 0 Å². The number of ether oxygens (including phenoxy) is 1. The first-order valence-corrected chi connectivity index (χ1v) is 5.27. The number of amides is 1. The molecule has 0 fully saturated rings. The Labute approximate surface area is 89.4 Å².